The molecule has 0 amide bonds. The molecule has 0 aliphatic rings. The van der Waals surface area contributed by atoms with Crippen LogP contribution < -0.4 is 9.75 Å². The summed E-state index contributed by atoms with van der Waals surface area (Å²) in [6.07, 6.45) is 0.936. The summed E-state index contributed by atoms with van der Waals surface area (Å²) in [7, 11) is 1.61. The third kappa shape index (κ3) is 2.94. The number of ether oxygens (including phenoxy) is 1. The molecule has 0 radical (unpaired) electrons. The topological polar surface area (TPSA) is 41.9 Å². The van der Waals surface area contributed by atoms with Crippen molar-refractivity contribution in [3.8, 4) is 5.75 Å². The first kappa shape index (κ1) is 11.5. The predicted octanol–water partition coefficient (Wildman–Crippen LogP) is 2.90. The number of hydrogen-bond donors (Lipinski definition) is 0. The summed E-state index contributed by atoms with van der Waals surface area (Å²) in [6, 6.07) is 5.67. The Balaban J connectivity index is 2.97. The maximum atomic E-state index is 10.4. The van der Waals surface area contributed by atoms with E-state index >= 15 is 0 Å². The van der Waals surface area contributed by atoms with Gasteiger partial charge in [-0.05, 0) is 31.0 Å². The van der Waals surface area contributed by atoms with Crippen LogP contribution in [0.1, 0.15) is 18.9 Å². The molecule has 0 unspecified atom stereocenters. The van der Waals surface area contributed by atoms with E-state index in [1.165, 1.54) is 5.01 Å². The Kier molecular flexibility index (Phi) is 4.09. The normalized spacial score (nSPS) is 9.80. The van der Waals surface area contributed by atoms with Crippen molar-refractivity contribution in [2.45, 2.75) is 20.3 Å². The Morgan fingerprint density at radius 3 is 2.80 bits per heavy atom. The van der Waals surface area contributed by atoms with Crippen molar-refractivity contribution in [3.63, 3.8) is 0 Å². The molecule has 0 fully saturated rings. The van der Waals surface area contributed by atoms with Crippen LogP contribution in [0.15, 0.2) is 23.5 Å². The molecule has 0 aromatic heterocycles. The molecule has 82 valence electrons. The van der Waals surface area contributed by atoms with E-state index in [0.29, 0.717) is 18.0 Å². The SMILES string of the molecule is CCCOc1cc(C)ccc1N(C)N=O. The second-order valence-corrected chi connectivity index (χ2v) is 3.42. The van der Waals surface area contributed by atoms with Crippen LogP contribution in [0.25, 0.3) is 0 Å². The minimum Gasteiger partial charge on any atom is -0.491 e. The number of benzene rings is 1. The molecule has 1 rings (SSSR count). The van der Waals surface area contributed by atoms with Gasteiger partial charge in [-0.15, -0.1) is 4.91 Å². The Morgan fingerprint density at radius 2 is 2.20 bits per heavy atom. The van der Waals surface area contributed by atoms with Crippen LogP contribution >= 0.6 is 0 Å². The van der Waals surface area contributed by atoms with E-state index in [9.17, 15) is 4.91 Å². The molecule has 4 nitrogen and oxygen atoms in total. The monoisotopic (exact) mass is 208 g/mol. The van der Waals surface area contributed by atoms with Crippen LogP contribution in [0, 0.1) is 11.8 Å². The van der Waals surface area contributed by atoms with Crippen molar-refractivity contribution < 1.29 is 4.74 Å². The van der Waals surface area contributed by atoms with Crippen molar-refractivity contribution in [2.24, 2.45) is 5.29 Å². The summed E-state index contributed by atoms with van der Waals surface area (Å²) in [5.74, 6) is 0.707. The standard InChI is InChI=1S/C11H16N2O2/c1-4-7-15-11-8-9(2)5-6-10(11)13(3)12-14/h5-6,8H,4,7H2,1-3H3. The first-order chi connectivity index (χ1) is 7.19. The minimum absolute atomic E-state index is 0.642. The van der Waals surface area contributed by atoms with Gasteiger partial charge in [0.05, 0.1) is 11.9 Å². The molecule has 0 aliphatic carbocycles. The van der Waals surface area contributed by atoms with Gasteiger partial charge < -0.3 is 4.74 Å². The van der Waals surface area contributed by atoms with Gasteiger partial charge in [0.15, 0.2) is 0 Å². The molecule has 0 aliphatic heterocycles. The number of nitrogens with zero attached hydrogens (tertiary/aromatic N) is 2. The van der Waals surface area contributed by atoms with Crippen LogP contribution in [-0.2, 0) is 0 Å². The molecule has 0 saturated carbocycles. The van der Waals surface area contributed by atoms with E-state index in [1.807, 2.05) is 32.0 Å². The lowest BCUT2D eigenvalue weighted by Gasteiger charge is -2.15. The van der Waals surface area contributed by atoms with Gasteiger partial charge >= 0.3 is 0 Å². The van der Waals surface area contributed by atoms with E-state index in [4.69, 9.17) is 4.74 Å². The highest BCUT2D eigenvalue weighted by Crippen LogP contribution is 2.28. The highest BCUT2D eigenvalue weighted by molar-refractivity contribution is 5.58. The smallest absolute Gasteiger partial charge is 0.144 e. The zero-order valence-corrected chi connectivity index (χ0v) is 9.36. The van der Waals surface area contributed by atoms with Gasteiger partial charge in [-0.25, -0.2) is 5.01 Å². The van der Waals surface area contributed by atoms with Crippen molar-refractivity contribution in [3.05, 3.63) is 28.7 Å². The maximum absolute atomic E-state index is 10.4. The molecule has 1 aromatic rings. The number of hydrogen-bond acceptors (Lipinski definition) is 3. The third-order valence-electron chi connectivity index (χ3n) is 2.05. The summed E-state index contributed by atoms with van der Waals surface area (Å²) in [6.45, 7) is 4.66. The van der Waals surface area contributed by atoms with Crippen LogP contribution in [-0.4, -0.2) is 13.7 Å². The molecular formula is C11H16N2O2. The fourth-order valence-corrected chi connectivity index (χ4v) is 1.26. The molecule has 4 heteroatoms. The summed E-state index contributed by atoms with van der Waals surface area (Å²) in [5, 5.41) is 4.13. The van der Waals surface area contributed by atoms with E-state index in [0.717, 1.165) is 12.0 Å². The van der Waals surface area contributed by atoms with Gasteiger partial charge in [-0.3, -0.25) is 0 Å². The Bertz CT molecular complexity index is 339. The van der Waals surface area contributed by atoms with Crippen molar-refractivity contribution in [2.75, 3.05) is 18.7 Å². The number of anilines is 1. The summed E-state index contributed by atoms with van der Waals surface area (Å²) >= 11 is 0. The molecule has 0 atom stereocenters. The summed E-state index contributed by atoms with van der Waals surface area (Å²) < 4.78 is 5.55. The predicted molar refractivity (Wildman–Crippen MR) is 61.2 cm³/mol. The second kappa shape index (κ2) is 5.34. The first-order valence-corrected chi connectivity index (χ1v) is 4.99. The number of aryl methyl sites for hydroxylation is 1. The first-order valence-electron chi connectivity index (χ1n) is 4.99. The van der Waals surface area contributed by atoms with E-state index in [2.05, 4.69) is 5.29 Å². The minimum atomic E-state index is 0.642. The van der Waals surface area contributed by atoms with Crippen LogP contribution in [0.2, 0.25) is 0 Å². The zero-order valence-electron chi connectivity index (χ0n) is 9.36. The largest absolute Gasteiger partial charge is 0.491 e. The molecule has 0 saturated heterocycles. The van der Waals surface area contributed by atoms with Gasteiger partial charge in [-0.1, -0.05) is 13.0 Å². The fraction of sp³-hybridized carbons (Fsp3) is 0.455. The average Bonchev–Trinajstić information content (AvgIpc) is 2.25. The maximum Gasteiger partial charge on any atom is 0.144 e. The van der Waals surface area contributed by atoms with Gasteiger partial charge in [0, 0.05) is 7.05 Å². The van der Waals surface area contributed by atoms with Crippen molar-refractivity contribution in [1.29, 1.82) is 0 Å². The molecule has 0 bridgehead atoms. The Labute approximate surface area is 89.8 Å². The Hall–Kier alpha value is -1.58. The summed E-state index contributed by atoms with van der Waals surface area (Å²) in [5.41, 5.74) is 1.80. The van der Waals surface area contributed by atoms with Crippen LogP contribution in [0.3, 0.4) is 0 Å². The lowest BCUT2D eigenvalue weighted by Crippen LogP contribution is -2.09. The van der Waals surface area contributed by atoms with Crippen molar-refractivity contribution in [1.82, 2.24) is 0 Å². The number of nitroso groups, excluding NO2 is 1. The van der Waals surface area contributed by atoms with Gasteiger partial charge in [0.1, 0.15) is 11.4 Å². The summed E-state index contributed by atoms with van der Waals surface area (Å²) in [4.78, 5) is 10.4. The molecule has 0 spiro atoms. The van der Waals surface area contributed by atoms with Crippen LogP contribution in [0.5, 0.6) is 5.75 Å². The quantitative estimate of drug-likeness (QED) is 0.552. The van der Waals surface area contributed by atoms with Gasteiger partial charge in [0.2, 0.25) is 0 Å². The Morgan fingerprint density at radius 1 is 1.47 bits per heavy atom. The molecule has 0 heterocycles. The molecule has 0 N–H and O–H groups in total. The van der Waals surface area contributed by atoms with Crippen molar-refractivity contribution >= 4 is 5.69 Å². The third-order valence-corrected chi connectivity index (χ3v) is 2.05. The van der Waals surface area contributed by atoms with Crippen LogP contribution in [0.4, 0.5) is 5.69 Å². The fourth-order valence-electron chi connectivity index (χ4n) is 1.26. The van der Waals surface area contributed by atoms with E-state index in [1.54, 1.807) is 7.05 Å². The molecular weight excluding hydrogens is 192 g/mol. The highest BCUT2D eigenvalue weighted by atomic mass is 16.5. The number of rotatable bonds is 5. The molecule has 15 heavy (non-hydrogen) atoms. The average molecular weight is 208 g/mol. The zero-order chi connectivity index (χ0) is 11.3. The molecule has 1 aromatic carbocycles. The van der Waals surface area contributed by atoms with Gasteiger partial charge in [-0.2, -0.15) is 0 Å². The lowest BCUT2D eigenvalue weighted by atomic mass is 10.2. The second-order valence-electron chi connectivity index (χ2n) is 3.42. The van der Waals surface area contributed by atoms with E-state index < -0.39 is 0 Å². The van der Waals surface area contributed by atoms with Gasteiger partial charge in [0.25, 0.3) is 0 Å². The lowest BCUT2D eigenvalue weighted by molar-refractivity contribution is 0.318. The highest BCUT2D eigenvalue weighted by Gasteiger charge is 2.08. The van der Waals surface area contributed by atoms with E-state index in [-0.39, 0.29) is 0 Å².